The molecular weight excluding hydrogens is 222 g/mol. The van der Waals surface area contributed by atoms with Crippen LogP contribution in [0.3, 0.4) is 0 Å². The summed E-state index contributed by atoms with van der Waals surface area (Å²) in [6, 6.07) is 4.75. The average molecular weight is 233 g/mol. The molecular formula is C11H11N3O3. The summed E-state index contributed by atoms with van der Waals surface area (Å²) >= 11 is 0. The van der Waals surface area contributed by atoms with Crippen molar-refractivity contribution in [3.8, 4) is 5.75 Å². The molecule has 0 radical (unpaired) electrons. The van der Waals surface area contributed by atoms with E-state index < -0.39 is 5.97 Å². The van der Waals surface area contributed by atoms with Crippen LogP contribution in [0.2, 0.25) is 0 Å². The summed E-state index contributed by atoms with van der Waals surface area (Å²) in [5.41, 5.74) is 1.05. The van der Waals surface area contributed by atoms with Crippen LogP contribution in [0.1, 0.15) is 15.9 Å². The number of aromatic nitrogens is 3. The molecule has 0 amide bonds. The fourth-order valence-electron chi connectivity index (χ4n) is 1.50. The third kappa shape index (κ3) is 2.41. The van der Waals surface area contributed by atoms with Crippen LogP contribution in [0.15, 0.2) is 30.9 Å². The van der Waals surface area contributed by atoms with Crippen molar-refractivity contribution in [3.05, 3.63) is 42.0 Å². The first-order valence-corrected chi connectivity index (χ1v) is 4.93. The number of carboxylic acid groups (broad SMARTS) is 1. The van der Waals surface area contributed by atoms with Gasteiger partial charge in [-0.2, -0.15) is 5.10 Å². The van der Waals surface area contributed by atoms with Gasteiger partial charge in [-0.1, -0.05) is 6.07 Å². The molecule has 6 nitrogen and oxygen atoms in total. The molecule has 0 spiro atoms. The average Bonchev–Trinajstić information content (AvgIpc) is 2.82. The number of aromatic carboxylic acids is 1. The molecule has 6 heteroatoms. The van der Waals surface area contributed by atoms with Crippen molar-refractivity contribution in [1.82, 2.24) is 14.8 Å². The van der Waals surface area contributed by atoms with E-state index in [1.807, 2.05) is 0 Å². The van der Waals surface area contributed by atoms with Crippen molar-refractivity contribution >= 4 is 5.97 Å². The normalized spacial score (nSPS) is 10.2. The van der Waals surface area contributed by atoms with Crippen LogP contribution in [0.5, 0.6) is 5.75 Å². The molecule has 0 saturated heterocycles. The minimum atomic E-state index is -0.976. The Bertz CT molecular complexity index is 523. The number of ether oxygens (including phenoxy) is 1. The van der Waals surface area contributed by atoms with Gasteiger partial charge in [0.25, 0.3) is 0 Å². The number of hydrogen-bond acceptors (Lipinski definition) is 4. The van der Waals surface area contributed by atoms with Gasteiger partial charge in [-0.15, -0.1) is 0 Å². The van der Waals surface area contributed by atoms with E-state index in [1.165, 1.54) is 25.6 Å². The Labute approximate surface area is 97.5 Å². The first-order valence-electron chi connectivity index (χ1n) is 4.93. The van der Waals surface area contributed by atoms with Crippen molar-refractivity contribution in [3.63, 3.8) is 0 Å². The molecule has 0 aliphatic carbocycles. The maximum Gasteiger partial charge on any atom is 0.335 e. The molecule has 1 aromatic heterocycles. The van der Waals surface area contributed by atoms with Crippen LogP contribution in [-0.2, 0) is 6.54 Å². The maximum atomic E-state index is 10.8. The molecule has 17 heavy (non-hydrogen) atoms. The fraction of sp³-hybridized carbons (Fsp3) is 0.182. The number of hydrogen-bond donors (Lipinski definition) is 1. The summed E-state index contributed by atoms with van der Waals surface area (Å²) in [5, 5.41) is 12.8. The van der Waals surface area contributed by atoms with Crippen LogP contribution in [-0.4, -0.2) is 33.0 Å². The highest BCUT2D eigenvalue weighted by atomic mass is 16.5. The second kappa shape index (κ2) is 4.65. The lowest BCUT2D eigenvalue weighted by Gasteiger charge is -2.09. The lowest BCUT2D eigenvalue weighted by molar-refractivity contribution is 0.0696. The summed E-state index contributed by atoms with van der Waals surface area (Å²) < 4.78 is 6.80. The van der Waals surface area contributed by atoms with Gasteiger partial charge in [-0.05, 0) is 12.1 Å². The van der Waals surface area contributed by atoms with Gasteiger partial charge in [0.15, 0.2) is 0 Å². The van der Waals surface area contributed by atoms with E-state index in [0.29, 0.717) is 12.3 Å². The third-order valence-electron chi connectivity index (χ3n) is 2.33. The van der Waals surface area contributed by atoms with Crippen molar-refractivity contribution < 1.29 is 14.6 Å². The predicted molar refractivity (Wildman–Crippen MR) is 59.1 cm³/mol. The van der Waals surface area contributed by atoms with Crippen LogP contribution < -0.4 is 4.74 Å². The lowest BCUT2D eigenvalue weighted by Crippen LogP contribution is -2.04. The number of methoxy groups -OCH3 is 1. The quantitative estimate of drug-likeness (QED) is 0.853. The smallest absolute Gasteiger partial charge is 0.335 e. The minimum absolute atomic E-state index is 0.198. The van der Waals surface area contributed by atoms with Crippen LogP contribution in [0, 0.1) is 0 Å². The standard InChI is InChI=1S/C11H11N3O3/c1-17-10-4-8(11(15)16)2-3-9(10)5-14-7-12-6-13-14/h2-4,6-7H,5H2,1H3,(H,15,16). The molecule has 2 rings (SSSR count). The molecule has 1 aromatic carbocycles. The number of nitrogens with zero attached hydrogens (tertiary/aromatic N) is 3. The van der Waals surface area contributed by atoms with E-state index in [-0.39, 0.29) is 5.56 Å². The molecule has 0 unspecified atom stereocenters. The highest BCUT2D eigenvalue weighted by molar-refractivity contribution is 5.88. The zero-order valence-corrected chi connectivity index (χ0v) is 9.20. The largest absolute Gasteiger partial charge is 0.496 e. The monoisotopic (exact) mass is 233 g/mol. The van der Waals surface area contributed by atoms with E-state index in [2.05, 4.69) is 10.1 Å². The second-order valence-electron chi connectivity index (χ2n) is 3.42. The lowest BCUT2D eigenvalue weighted by atomic mass is 10.1. The second-order valence-corrected chi connectivity index (χ2v) is 3.42. The fourth-order valence-corrected chi connectivity index (χ4v) is 1.50. The summed E-state index contributed by atoms with van der Waals surface area (Å²) in [5.74, 6) is -0.448. The van der Waals surface area contributed by atoms with Gasteiger partial charge in [0.2, 0.25) is 0 Å². The number of rotatable bonds is 4. The van der Waals surface area contributed by atoms with E-state index in [1.54, 1.807) is 17.1 Å². The van der Waals surface area contributed by atoms with Gasteiger partial charge < -0.3 is 9.84 Å². The zero-order valence-electron chi connectivity index (χ0n) is 9.20. The van der Waals surface area contributed by atoms with E-state index >= 15 is 0 Å². The van der Waals surface area contributed by atoms with E-state index in [0.717, 1.165) is 5.56 Å². The van der Waals surface area contributed by atoms with Gasteiger partial charge in [0, 0.05) is 5.56 Å². The first-order chi connectivity index (χ1) is 8.20. The van der Waals surface area contributed by atoms with Gasteiger partial charge in [0.1, 0.15) is 18.4 Å². The molecule has 0 bridgehead atoms. The van der Waals surface area contributed by atoms with Crippen molar-refractivity contribution in [1.29, 1.82) is 0 Å². The van der Waals surface area contributed by atoms with Gasteiger partial charge >= 0.3 is 5.97 Å². The highest BCUT2D eigenvalue weighted by Gasteiger charge is 2.09. The summed E-state index contributed by atoms with van der Waals surface area (Å²) in [6.07, 6.45) is 3.03. The molecule has 1 N–H and O–H groups in total. The molecule has 0 aliphatic rings. The Morgan fingerprint density at radius 3 is 2.94 bits per heavy atom. The predicted octanol–water partition coefficient (Wildman–Crippen LogP) is 1.03. The summed E-state index contributed by atoms with van der Waals surface area (Å²) in [7, 11) is 1.51. The van der Waals surface area contributed by atoms with Crippen molar-refractivity contribution in [2.45, 2.75) is 6.54 Å². The summed E-state index contributed by atoms with van der Waals surface area (Å²) in [4.78, 5) is 14.7. The molecule has 1 heterocycles. The Kier molecular flexibility index (Phi) is 3.04. The van der Waals surface area contributed by atoms with Crippen LogP contribution in [0.4, 0.5) is 0 Å². The first kappa shape index (κ1) is 11.1. The Balaban J connectivity index is 2.31. The molecule has 88 valence electrons. The molecule has 0 atom stereocenters. The van der Waals surface area contributed by atoms with Gasteiger partial charge in [0.05, 0.1) is 19.2 Å². The molecule has 0 aliphatic heterocycles. The minimum Gasteiger partial charge on any atom is -0.496 e. The molecule has 2 aromatic rings. The van der Waals surface area contributed by atoms with Gasteiger partial charge in [-0.25, -0.2) is 14.5 Å². The third-order valence-corrected chi connectivity index (χ3v) is 2.33. The SMILES string of the molecule is COc1cc(C(=O)O)ccc1Cn1cncn1. The van der Waals surface area contributed by atoms with Crippen molar-refractivity contribution in [2.24, 2.45) is 0 Å². The highest BCUT2D eigenvalue weighted by Crippen LogP contribution is 2.21. The topological polar surface area (TPSA) is 77.2 Å². The van der Waals surface area contributed by atoms with E-state index in [4.69, 9.17) is 9.84 Å². The van der Waals surface area contributed by atoms with E-state index in [9.17, 15) is 4.79 Å². The van der Waals surface area contributed by atoms with Gasteiger partial charge in [-0.3, -0.25) is 0 Å². The van der Waals surface area contributed by atoms with Crippen LogP contribution in [0.25, 0.3) is 0 Å². The summed E-state index contributed by atoms with van der Waals surface area (Å²) in [6.45, 7) is 0.489. The maximum absolute atomic E-state index is 10.8. The molecule has 0 fully saturated rings. The Morgan fingerprint density at radius 2 is 2.35 bits per heavy atom. The Hall–Kier alpha value is -2.37. The molecule has 0 saturated carbocycles. The zero-order chi connectivity index (χ0) is 12.3. The number of benzene rings is 1. The number of carbonyl (C=O) groups is 1. The van der Waals surface area contributed by atoms with Crippen LogP contribution >= 0.6 is 0 Å². The Morgan fingerprint density at radius 1 is 1.53 bits per heavy atom. The van der Waals surface area contributed by atoms with Crippen molar-refractivity contribution in [2.75, 3.05) is 7.11 Å². The number of carboxylic acids is 1.